The minimum Gasteiger partial charge on any atom is -0.491 e. The molecule has 1 amide bonds. The molecule has 0 radical (unpaired) electrons. The molecule has 0 unspecified atom stereocenters. The van der Waals surface area contributed by atoms with Crippen LogP contribution in [0, 0.1) is 0 Å². The van der Waals surface area contributed by atoms with E-state index in [1.807, 2.05) is 19.9 Å². The highest BCUT2D eigenvalue weighted by Crippen LogP contribution is 2.14. The van der Waals surface area contributed by atoms with Crippen LogP contribution in [0.25, 0.3) is 10.4 Å². The molecule has 0 aliphatic rings. The highest BCUT2D eigenvalue weighted by Gasteiger charge is 2.06. The highest BCUT2D eigenvalue weighted by molar-refractivity contribution is 5.94. The van der Waals surface area contributed by atoms with Gasteiger partial charge in [-0.1, -0.05) is 11.2 Å². The number of azide groups is 1. The van der Waals surface area contributed by atoms with Gasteiger partial charge < -0.3 is 10.1 Å². The lowest BCUT2D eigenvalue weighted by Gasteiger charge is -2.11. The fourth-order valence-electron chi connectivity index (χ4n) is 1.64. The Morgan fingerprint density at radius 2 is 2.25 bits per heavy atom. The number of nitrogens with one attached hydrogen (secondary N) is 1. The molecule has 1 N–H and O–H groups in total. The summed E-state index contributed by atoms with van der Waals surface area (Å²) in [5.74, 6) is 0.569. The van der Waals surface area contributed by atoms with E-state index in [1.54, 1.807) is 18.2 Å². The molecule has 0 atom stereocenters. The molecule has 0 saturated carbocycles. The van der Waals surface area contributed by atoms with Crippen molar-refractivity contribution in [3.8, 4) is 5.75 Å². The average Bonchev–Trinajstić information content (AvgIpc) is 2.42. The number of unbranched alkanes of at least 4 members (excludes halogenated alkanes) is 1. The lowest BCUT2D eigenvalue weighted by Crippen LogP contribution is -2.24. The molecule has 108 valence electrons. The molecule has 0 saturated heterocycles. The number of carbonyl (C=O) groups excluding carboxylic acids is 1. The third-order valence-electron chi connectivity index (χ3n) is 2.50. The van der Waals surface area contributed by atoms with Crippen molar-refractivity contribution in [3.05, 3.63) is 40.3 Å². The van der Waals surface area contributed by atoms with Crippen LogP contribution in [-0.4, -0.2) is 25.1 Å². The van der Waals surface area contributed by atoms with Gasteiger partial charge in [-0.3, -0.25) is 4.79 Å². The first-order chi connectivity index (χ1) is 9.63. The molecular weight excluding hydrogens is 256 g/mol. The summed E-state index contributed by atoms with van der Waals surface area (Å²) in [7, 11) is 0. The quantitative estimate of drug-likeness (QED) is 0.342. The van der Waals surface area contributed by atoms with Gasteiger partial charge in [0.05, 0.1) is 6.10 Å². The lowest BCUT2D eigenvalue weighted by atomic mass is 10.2. The van der Waals surface area contributed by atoms with Gasteiger partial charge in [-0.25, -0.2) is 0 Å². The predicted octanol–water partition coefficient (Wildman–Crippen LogP) is 3.29. The zero-order valence-electron chi connectivity index (χ0n) is 11.9. The Morgan fingerprint density at radius 3 is 2.95 bits per heavy atom. The van der Waals surface area contributed by atoms with E-state index in [1.165, 1.54) is 0 Å². The van der Waals surface area contributed by atoms with E-state index in [4.69, 9.17) is 10.3 Å². The number of amides is 1. The van der Waals surface area contributed by atoms with Crippen LogP contribution in [0.3, 0.4) is 0 Å². The number of hydrogen-bond acceptors (Lipinski definition) is 3. The summed E-state index contributed by atoms with van der Waals surface area (Å²) in [5, 5.41) is 6.26. The smallest absolute Gasteiger partial charge is 0.251 e. The van der Waals surface area contributed by atoms with E-state index >= 15 is 0 Å². The molecule has 0 heterocycles. The van der Waals surface area contributed by atoms with Crippen LogP contribution < -0.4 is 10.1 Å². The second-order valence-corrected chi connectivity index (χ2v) is 4.61. The van der Waals surface area contributed by atoms with Crippen molar-refractivity contribution in [1.82, 2.24) is 5.32 Å². The monoisotopic (exact) mass is 276 g/mol. The number of rotatable bonds is 8. The van der Waals surface area contributed by atoms with Gasteiger partial charge in [-0.05, 0) is 50.4 Å². The minimum absolute atomic E-state index is 0.0778. The summed E-state index contributed by atoms with van der Waals surface area (Å²) in [6.07, 6.45) is 1.63. The van der Waals surface area contributed by atoms with Gasteiger partial charge >= 0.3 is 0 Å². The summed E-state index contributed by atoms with van der Waals surface area (Å²) in [5.41, 5.74) is 8.71. The molecule has 6 nitrogen and oxygen atoms in total. The van der Waals surface area contributed by atoms with Crippen LogP contribution in [0.5, 0.6) is 5.75 Å². The Kier molecular flexibility index (Phi) is 7.00. The molecule has 0 aliphatic heterocycles. The van der Waals surface area contributed by atoms with E-state index in [9.17, 15) is 4.79 Å². The van der Waals surface area contributed by atoms with E-state index in [-0.39, 0.29) is 12.0 Å². The molecule has 0 spiro atoms. The van der Waals surface area contributed by atoms with Crippen molar-refractivity contribution in [2.75, 3.05) is 13.1 Å². The largest absolute Gasteiger partial charge is 0.491 e. The van der Waals surface area contributed by atoms with Crippen molar-refractivity contribution in [2.24, 2.45) is 5.11 Å². The Bertz CT molecular complexity index is 482. The fraction of sp³-hybridized carbons (Fsp3) is 0.500. The molecule has 20 heavy (non-hydrogen) atoms. The molecule has 1 rings (SSSR count). The number of hydrogen-bond donors (Lipinski definition) is 1. The third-order valence-corrected chi connectivity index (χ3v) is 2.50. The van der Waals surface area contributed by atoms with Gasteiger partial charge in [0, 0.05) is 23.6 Å². The standard InChI is InChI=1S/C14H20N4O2/c1-11(2)20-13-7-5-6-12(10-13)14(19)16-8-3-4-9-17-18-15/h5-7,10-11H,3-4,8-9H2,1-2H3,(H,16,19). The fourth-order valence-corrected chi connectivity index (χ4v) is 1.64. The van der Waals surface area contributed by atoms with Crippen molar-refractivity contribution < 1.29 is 9.53 Å². The Balaban J connectivity index is 2.41. The number of ether oxygens (including phenoxy) is 1. The van der Waals surface area contributed by atoms with Gasteiger partial charge in [0.2, 0.25) is 0 Å². The second-order valence-electron chi connectivity index (χ2n) is 4.61. The first-order valence-electron chi connectivity index (χ1n) is 6.69. The van der Waals surface area contributed by atoms with Crippen molar-refractivity contribution in [2.45, 2.75) is 32.8 Å². The summed E-state index contributed by atoms with van der Waals surface area (Å²) in [6, 6.07) is 7.11. The van der Waals surface area contributed by atoms with Crippen LogP contribution in [0.4, 0.5) is 0 Å². The summed E-state index contributed by atoms with van der Waals surface area (Å²) in [6.45, 7) is 4.91. The van der Waals surface area contributed by atoms with Gasteiger partial charge in [-0.2, -0.15) is 0 Å². The average molecular weight is 276 g/mol. The Labute approximate surface area is 118 Å². The van der Waals surface area contributed by atoms with E-state index < -0.39 is 0 Å². The van der Waals surface area contributed by atoms with Crippen LogP contribution in [0.15, 0.2) is 29.4 Å². The normalized spacial score (nSPS) is 9.95. The zero-order chi connectivity index (χ0) is 14.8. The van der Waals surface area contributed by atoms with Crippen molar-refractivity contribution >= 4 is 5.91 Å². The van der Waals surface area contributed by atoms with E-state index in [0.29, 0.717) is 24.4 Å². The number of benzene rings is 1. The molecule has 0 aliphatic carbocycles. The molecule has 1 aromatic rings. The minimum atomic E-state index is -0.122. The summed E-state index contributed by atoms with van der Waals surface area (Å²) in [4.78, 5) is 14.6. The first kappa shape index (κ1) is 15.9. The topological polar surface area (TPSA) is 87.1 Å². The molecule has 6 heteroatoms. The maximum Gasteiger partial charge on any atom is 0.251 e. The van der Waals surface area contributed by atoms with Crippen molar-refractivity contribution in [3.63, 3.8) is 0 Å². The molecule has 0 bridgehead atoms. The van der Waals surface area contributed by atoms with E-state index in [2.05, 4.69) is 15.3 Å². The highest BCUT2D eigenvalue weighted by atomic mass is 16.5. The van der Waals surface area contributed by atoms with Crippen molar-refractivity contribution in [1.29, 1.82) is 0 Å². The van der Waals surface area contributed by atoms with Crippen LogP contribution in [0.1, 0.15) is 37.0 Å². The van der Waals surface area contributed by atoms with Crippen LogP contribution >= 0.6 is 0 Å². The van der Waals surface area contributed by atoms with Gasteiger partial charge in [-0.15, -0.1) is 0 Å². The number of carbonyl (C=O) groups is 1. The van der Waals surface area contributed by atoms with Crippen LogP contribution in [-0.2, 0) is 0 Å². The van der Waals surface area contributed by atoms with Gasteiger partial charge in [0.15, 0.2) is 0 Å². The molecule has 0 fully saturated rings. The second kappa shape index (κ2) is 8.82. The van der Waals surface area contributed by atoms with Crippen LogP contribution in [0.2, 0.25) is 0 Å². The molecule has 1 aromatic carbocycles. The molecule has 0 aromatic heterocycles. The third kappa shape index (κ3) is 6.11. The van der Waals surface area contributed by atoms with E-state index in [0.717, 1.165) is 12.8 Å². The summed E-state index contributed by atoms with van der Waals surface area (Å²) >= 11 is 0. The summed E-state index contributed by atoms with van der Waals surface area (Å²) < 4.78 is 5.55. The molecular formula is C14H20N4O2. The maximum absolute atomic E-state index is 11.9. The SMILES string of the molecule is CC(C)Oc1cccc(C(=O)NCCCCN=[N+]=[N-])c1. The van der Waals surface area contributed by atoms with Gasteiger partial charge in [0.1, 0.15) is 5.75 Å². The Hall–Kier alpha value is -2.20. The lowest BCUT2D eigenvalue weighted by molar-refractivity contribution is 0.0952. The first-order valence-corrected chi connectivity index (χ1v) is 6.69. The number of nitrogens with zero attached hydrogens (tertiary/aromatic N) is 3. The predicted molar refractivity (Wildman–Crippen MR) is 77.8 cm³/mol. The maximum atomic E-state index is 11.9. The van der Waals surface area contributed by atoms with Gasteiger partial charge in [0.25, 0.3) is 5.91 Å². The zero-order valence-corrected chi connectivity index (χ0v) is 11.9. The Morgan fingerprint density at radius 1 is 1.45 bits per heavy atom.